The third kappa shape index (κ3) is 3.24. The number of aromatic nitrogens is 2. The fraction of sp³-hybridized carbons (Fsp3) is 0.273. The molecule has 3 aromatic heterocycles. The first-order chi connectivity index (χ1) is 13.4. The van der Waals surface area contributed by atoms with Gasteiger partial charge in [0.25, 0.3) is 0 Å². The van der Waals surface area contributed by atoms with Gasteiger partial charge in [0.1, 0.15) is 5.75 Å². The van der Waals surface area contributed by atoms with Crippen LogP contribution in [-0.4, -0.2) is 22.9 Å². The maximum atomic E-state index is 12.2. The predicted molar refractivity (Wildman–Crippen MR) is 113 cm³/mol. The van der Waals surface area contributed by atoms with Crippen LogP contribution in [0.5, 0.6) is 5.75 Å². The Kier molecular flexibility index (Phi) is 4.59. The Morgan fingerprint density at radius 2 is 2.00 bits per heavy atom. The van der Waals surface area contributed by atoms with E-state index >= 15 is 0 Å². The molecule has 0 aromatic carbocycles. The lowest BCUT2D eigenvalue weighted by Gasteiger charge is -1.98. The summed E-state index contributed by atoms with van der Waals surface area (Å²) >= 11 is 1.50. The number of ether oxygens (including phenoxy) is 1. The van der Waals surface area contributed by atoms with Crippen molar-refractivity contribution in [1.29, 1.82) is 0 Å². The smallest absolute Gasteiger partial charge is 0.175 e. The lowest BCUT2D eigenvalue weighted by Crippen LogP contribution is -2.13. The Morgan fingerprint density at radius 1 is 1.21 bits per heavy atom. The van der Waals surface area contributed by atoms with Crippen molar-refractivity contribution in [3.63, 3.8) is 0 Å². The Hall–Kier alpha value is -2.86. The van der Waals surface area contributed by atoms with Crippen molar-refractivity contribution in [2.75, 3.05) is 7.11 Å². The topological polar surface area (TPSA) is 70.2 Å². The summed E-state index contributed by atoms with van der Waals surface area (Å²) < 4.78 is 6.57. The molecule has 28 heavy (non-hydrogen) atoms. The van der Waals surface area contributed by atoms with E-state index in [4.69, 9.17) is 9.73 Å². The Labute approximate surface area is 166 Å². The van der Waals surface area contributed by atoms with E-state index in [1.54, 1.807) is 7.11 Å². The van der Waals surface area contributed by atoms with Gasteiger partial charge in [-0.05, 0) is 43.7 Å². The number of nitrogens with zero attached hydrogens (tertiary/aromatic N) is 1. The van der Waals surface area contributed by atoms with Gasteiger partial charge in [-0.2, -0.15) is 0 Å². The zero-order chi connectivity index (χ0) is 20.0. The largest absolute Gasteiger partial charge is 0.494 e. The van der Waals surface area contributed by atoms with Gasteiger partial charge < -0.3 is 14.7 Å². The minimum Gasteiger partial charge on any atom is -0.494 e. The second kappa shape index (κ2) is 6.95. The van der Waals surface area contributed by atoms with E-state index in [9.17, 15) is 4.79 Å². The Balaban J connectivity index is 1.81. The minimum atomic E-state index is -0.00641. The van der Waals surface area contributed by atoms with Crippen molar-refractivity contribution >= 4 is 35.0 Å². The van der Waals surface area contributed by atoms with Crippen molar-refractivity contribution in [2.45, 2.75) is 27.7 Å². The molecule has 3 aromatic rings. The number of ketones is 1. The standard InChI is InChI=1S/C22H23N3O2S/c1-11(2)22(26)21-10-18-20(28-21)9-16(25-18)15-8-19(27-5)17(24-15)7-14-12(3)6-13(4)23-14/h6-11,23-24H,1-5H3/b16-15-,17-7-. The SMILES string of the molecule is COc1c/c(=C2\C=c3sc(C(=O)C(C)C)cc3=N2)[nH]/c1=C\c1[nH]c(C)cc1C. The molecule has 0 amide bonds. The van der Waals surface area contributed by atoms with Gasteiger partial charge in [0.2, 0.25) is 0 Å². The normalized spacial score (nSPS) is 15.6. The molecule has 0 radical (unpaired) electrons. The van der Waals surface area contributed by atoms with Crippen molar-refractivity contribution in [3.05, 3.63) is 60.6 Å². The third-order valence-corrected chi connectivity index (χ3v) is 5.89. The van der Waals surface area contributed by atoms with Crippen LogP contribution in [0.4, 0.5) is 0 Å². The molecule has 0 saturated heterocycles. The second-order valence-electron chi connectivity index (χ2n) is 7.38. The van der Waals surface area contributed by atoms with Crippen LogP contribution in [0.3, 0.4) is 0 Å². The number of methoxy groups -OCH3 is 1. The molecule has 4 heterocycles. The molecule has 1 aliphatic rings. The molecule has 5 nitrogen and oxygen atoms in total. The fourth-order valence-corrected chi connectivity index (χ4v) is 4.45. The number of carbonyl (C=O) groups is 1. The van der Waals surface area contributed by atoms with Crippen molar-refractivity contribution in [3.8, 4) is 5.75 Å². The summed E-state index contributed by atoms with van der Waals surface area (Å²) in [6.07, 6.45) is 4.07. The van der Waals surface area contributed by atoms with Crippen LogP contribution in [0.1, 0.15) is 40.5 Å². The van der Waals surface area contributed by atoms with Crippen molar-refractivity contribution in [1.82, 2.24) is 9.97 Å². The van der Waals surface area contributed by atoms with Gasteiger partial charge in [0, 0.05) is 23.4 Å². The van der Waals surface area contributed by atoms with E-state index in [-0.39, 0.29) is 11.7 Å². The number of carbonyl (C=O) groups excluding carboxylic acids is 1. The van der Waals surface area contributed by atoms with Crippen LogP contribution < -0.4 is 25.3 Å². The van der Waals surface area contributed by atoms with Crippen LogP contribution >= 0.6 is 11.3 Å². The fourth-order valence-electron chi connectivity index (χ4n) is 3.33. The molecule has 0 fully saturated rings. The average Bonchev–Trinajstić information content (AvgIpc) is 3.37. The lowest BCUT2D eigenvalue weighted by molar-refractivity contribution is 0.0943. The number of nitrogens with one attached hydrogen (secondary N) is 2. The molecule has 6 heteroatoms. The summed E-state index contributed by atoms with van der Waals surface area (Å²) in [6.45, 7) is 7.96. The highest BCUT2D eigenvalue weighted by molar-refractivity contribution is 7.12. The van der Waals surface area contributed by atoms with Gasteiger partial charge >= 0.3 is 0 Å². The number of fused-ring (bicyclic) bond motifs is 1. The monoisotopic (exact) mass is 393 g/mol. The maximum Gasteiger partial charge on any atom is 0.175 e. The third-order valence-electron chi connectivity index (χ3n) is 4.80. The number of hydrogen-bond donors (Lipinski definition) is 2. The average molecular weight is 394 g/mol. The number of aromatic amines is 2. The van der Waals surface area contributed by atoms with E-state index < -0.39 is 0 Å². The molecule has 0 atom stereocenters. The highest BCUT2D eigenvalue weighted by atomic mass is 32.1. The van der Waals surface area contributed by atoms with E-state index in [2.05, 4.69) is 29.0 Å². The van der Waals surface area contributed by atoms with Gasteiger partial charge in [-0.3, -0.25) is 4.79 Å². The molecule has 0 unspecified atom stereocenters. The number of aryl methyl sites for hydroxylation is 2. The molecule has 4 rings (SSSR count). The predicted octanol–water partition coefficient (Wildman–Crippen LogP) is 1.92. The van der Waals surface area contributed by atoms with E-state index in [1.165, 1.54) is 16.9 Å². The summed E-state index contributed by atoms with van der Waals surface area (Å²) in [5.74, 6) is 0.927. The molecular formula is C22H23N3O2S. The van der Waals surface area contributed by atoms with Crippen LogP contribution in [0.15, 0.2) is 23.2 Å². The van der Waals surface area contributed by atoms with Crippen LogP contribution in [0, 0.1) is 19.8 Å². The first-order valence-electron chi connectivity index (χ1n) is 9.25. The van der Waals surface area contributed by atoms with Gasteiger partial charge in [-0.15, -0.1) is 11.3 Å². The number of H-pyrrole nitrogens is 2. The van der Waals surface area contributed by atoms with Gasteiger partial charge in [-0.1, -0.05) is 13.8 Å². The summed E-state index contributed by atoms with van der Waals surface area (Å²) in [6, 6.07) is 5.97. The highest BCUT2D eigenvalue weighted by Crippen LogP contribution is 2.13. The lowest BCUT2D eigenvalue weighted by atomic mass is 10.1. The van der Waals surface area contributed by atoms with Crippen molar-refractivity contribution in [2.24, 2.45) is 10.9 Å². The number of rotatable bonds is 4. The van der Waals surface area contributed by atoms with Crippen LogP contribution in [0.2, 0.25) is 0 Å². The van der Waals surface area contributed by atoms with E-state index in [0.717, 1.165) is 48.3 Å². The second-order valence-corrected chi connectivity index (χ2v) is 8.46. The minimum absolute atomic E-state index is 0.00641. The van der Waals surface area contributed by atoms with Gasteiger partial charge in [-0.25, -0.2) is 4.99 Å². The molecule has 144 valence electrons. The molecule has 1 aliphatic heterocycles. The molecule has 2 N–H and O–H groups in total. The van der Waals surface area contributed by atoms with Gasteiger partial charge in [0.05, 0.1) is 38.3 Å². The molecule has 0 aliphatic carbocycles. The summed E-state index contributed by atoms with van der Waals surface area (Å²) in [4.78, 5) is 24.5. The first-order valence-corrected chi connectivity index (χ1v) is 10.1. The van der Waals surface area contributed by atoms with E-state index in [1.807, 2.05) is 39.0 Å². The zero-order valence-corrected chi connectivity index (χ0v) is 17.5. The Bertz CT molecular complexity index is 1280. The Morgan fingerprint density at radius 3 is 2.61 bits per heavy atom. The number of hydrogen-bond acceptors (Lipinski definition) is 4. The summed E-state index contributed by atoms with van der Waals surface area (Å²) in [7, 11) is 1.66. The highest BCUT2D eigenvalue weighted by Gasteiger charge is 2.15. The molecule has 0 spiro atoms. The van der Waals surface area contributed by atoms with Crippen molar-refractivity contribution < 1.29 is 9.53 Å². The quantitative estimate of drug-likeness (QED) is 0.665. The zero-order valence-electron chi connectivity index (χ0n) is 16.6. The number of thiophene rings is 1. The number of Topliss-reactive ketones (excluding diaryl/α,β-unsaturated/α-hetero) is 1. The molecular weight excluding hydrogens is 370 g/mol. The van der Waals surface area contributed by atoms with Gasteiger partial charge in [0.15, 0.2) is 5.78 Å². The van der Waals surface area contributed by atoms with E-state index in [0.29, 0.717) is 0 Å². The maximum absolute atomic E-state index is 12.2. The molecule has 0 saturated carbocycles. The first kappa shape index (κ1) is 18.5. The summed E-state index contributed by atoms with van der Waals surface area (Å²) in [5.41, 5.74) is 4.21. The van der Waals surface area contributed by atoms with Crippen LogP contribution in [0.25, 0.3) is 17.8 Å². The summed E-state index contributed by atoms with van der Waals surface area (Å²) in [5, 5.41) is 2.65. The van der Waals surface area contributed by atoms with Crippen LogP contribution in [-0.2, 0) is 0 Å². The molecule has 0 bridgehead atoms.